The van der Waals surface area contributed by atoms with E-state index in [0.29, 0.717) is 31.8 Å². The van der Waals surface area contributed by atoms with Gasteiger partial charge >= 0.3 is 6.09 Å². The van der Waals surface area contributed by atoms with E-state index in [0.717, 1.165) is 18.9 Å². The van der Waals surface area contributed by atoms with Crippen molar-refractivity contribution in [3.05, 3.63) is 29.6 Å². The number of hydrogen-bond acceptors (Lipinski definition) is 4. The zero-order chi connectivity index (χ0) is 15.2. The lowest BCUT2D eigenvalue weighted by molar-refractivity contribution is 0.0950. The maximum Gasteiger partial charge on any atom is 0.409 e. The first kappa shape index (κ1) is 15.6. The van der Waals surface area contributed by atoms with Crippen molar-refractivity contribution >= 4 is 6.09 Å². The van der Waals surface area contributed by atoms with Crippen LogP contribution in [0, 0.1) is 5.82 Å². The van der Waals surface area contributed by atoms with Crippen molar-refractivity contribution in [1.29, 1.82) is 0 Å². The molecule has 5 nitrogen and oxygen atoms in total. The highest BCUT2D eigenvalue weighted by molar-refractivity contribution is 5.67. The number of aromatic hydroxyl groups is 1. The molecule has 116 valence electrons. The smallest absolute Gasteiger partial charge is 0.409 e. The molecule has 1 heterocycles. The molecule has 1 aromatic rings. The fourth-order valence-electron chi connectivity index (χ4n) is 2.48. The molecule has 1 saturated heterocycles. The third-order valence-electron chi connectivity index (χ3n) is 3.56. The standard InChI is InChI=1S/C15H21FN2O3/c1-2-21-15(20)18-5-3-13(4-6-18)17-10-11-7-12(16)9-14(19)8-11/h7-9,13,17,19H,2-6,10H2,1H3. The number of amides is 1. The number of nitrogens with zero attached hydrogens (tertiary/aromatic N) is 1. The van der Waals surface area contributed by atoms with E-state index in [2.05, 4.69) is 5.32 Å². The highest BCUT2D eigenvalue weighted by Gasteiger charge is 2.23. The van der Waals surface area contributed by atoms with Crippen molar-refractivity contribution in [2.75, 3.05) is 19.7 Å². The summed E-state index contributed by atoms with van der Waals surface area (Å²) in [5.74, 6) is -0.507. The molecule has 0 aromatic heterocycles. The first-order valence-electron chi connectivity index (χ1n) is 7.22. The topological polar surface area (TPSA) is 61.8 Å². The molecule has 6 heteroatoms. The van der Waals surface area contributed by atoms with Gasteiger partial charge < -0.3 is 20.1 Å². The van der Waals surface area contributed by atoms with Gasteiger partial charge in [0.2, 0.25) is 0 Å². The van der Waals surface area contributed by atoms with Gasteiger partial charge in [0.25, 0.3) is 0 Å². The number of phenolic OH excluding ortho intramolecular Hbond substituents is 1. The Morgan fingerprint density at radius 1 is 1.43 bits per heavy atom. The molecule has 0 aliphatic carbocycles. The number of ether oxygens (including phenoxy) is 1. The number of carbonyl (C=O) groups excluding carboxylic acids is 1. The van der Waals surface area contributed by atoms with Crippen LogP contribution in [0.4, 0.5) is 9.18 Å². The van der Waals surface area contributed by atoms with E-state index >= 15 is 0 Å². The van der Waals surface area contributed by atoms with E-state index in [-0.39, 0.29) is 17.9 Å². The summed E-state index contributed by atoms with van der Waals surface area (Å²) < 4.78 is 18.1. The number of benzene rings is 1. The maximum atomic E-state index is 13.2. The molecule has 1 aliphatic heterocycles. The van der Waals surface area contributed by atoms with Crippen molar-refractivity contribution < 1.29 is 19.0 Å². The molecular weight excluding hydrogens is 275 g/mol. The molecule has 1 aliphatic rings. The molecule has 0 spiro atoms. The molecule has 0 unspecified atom stereocenters. The third-order valence-corrected chi connectivity index (χ3v) is 3.56. The molecule has 0 bridgehead atoms. The summed E-state index contributed by atoms with van der Waals surface area (Å²) in [6.45, 7) is 3.99. The van der Waals surface area contributed by atoms with Gasteiger partial charge in [-0.25, -0.2) is 9.18 Å². The largest absolute Gasteiger partial charge is 0.508 e. The van der Waals surface area contributed by atoms with Gasteiger partial charge in [-0.1, -0.05) is 0 Å². The number of piperidine rings is 1. The minimum atomic E-state index is -0.441. The van der Waals surface area contributed by atoms with Gasteiger partial charge in [0.15, 0.2) is 0 Å². The van der Waals surface area contributed by atoms with Crippen molar-refractivity contribution in [2.45, 2.75) is 32.4 Å². The number of rotatable bonds is 4. The number of phenols is 1. The van der Waals surface area contributed by atoms with E-state index in [1.165, 1.54) is 6.07 Å². The Labute approximate surface area is 123 Å². The average molecular weight is 296 g/mol. The van der Waals surface area contributed by atoms with E-state index in [9.17, 15) is 14.3 Å². The van der Waals surface area contributed by atoms with Gasteiger partial charge in [0.05, 0.1) is 6.61 Å². The number of hydrogen-bond donors (Lipinski definition) is 2. The van der Waals surface area contributed by atoms with E-state index in [1.807, 2.05) is 0 Å². The lowest BCUT2D eigenvalue weighted by Gasteiger charge is -2.31. The second-order valence-electron chi connectivity index (χ2n) is 5.16. The average Bonchev–Trinajstić information content (AvgIpc) is 2.45. The van der Waals surface area contributed by atoms with Crippen molar-refractivity contribution in [1.82, 2.24) is 10.2 Å². The summed E-state index contributed by atoms with van der Waals surface area (Å²) >= 11 is 0. The number of carbonyl (C=O) groups is 1. The van der Waals surface area contributed by atoms with Gasteiger partial charge in [-0.3, -0.25) is 0 Å². The van der Waals surface area contributed by atoms with Gasteiger partial charge in [0.1, 0.15) is 11.6 Å². The van der Waals surface area contributed by atoms with Gasteiger partial charge in [-0.15, -0.1) is 0 Å². The molecule has 2 N–H and O–H groups in total. The Balaban J connectivity index is 1.77. The first-order valence-corrected chi connectivity index (χ1v) is 7.22. The summed E-state index contributed by atoms with van der Waals surface area (Å²) in [7, 11) is 0. The first-order chi connectivity index (χ1) is 10.1. The summed E-state index contributed by atoms with van der Waals surface area (Å²) in [6, 6.07) is 4.31. The van der Waals surface area contributed by atoms with Crippen LogP contribution in [-0.4, -0.2) is 41.8 Å². The predicted octanol–water partition coefficient (Wildman–Crippen LogP) is 2.24. The van der Waals surface area contributed by atoms with Crippen LogP contribution < -0.4 is 5.32 Å². The van der Waals surface area contributed by atoms with Crippen LogP contribution in [-0.2, 0) is 11.3 Å². The number of nitrogens with one attached hydrogen (secondary N) is 1. The third kappa shape index (κ3) is 4.60. The summed E-state index contributed by atoms with van der Waals surface area (Å²) in [5, 5.41) is 12.7. The number of halogens is 1. The van der Waals surface area contributed by atoms with Crippen LogP contribution in [0.15, 0.2) is 18.2 Å². The minimum absolute atomic E-state index is 0.0658. The Kier molecular flexibility index (Phi) is 5.38. The molecule has 1 fully saturated rings. The molecule has 1 amide bonds. The summed E-state index contributed by atoms with van der Waals surface area (Å²) in [6.07, 6.45) is 1.41. The van der Waals surface area contributed by atoms with E-state index in [4.69, 9.17) is 4.74 Å². The van der Waals surface area contributed by atoms with E-state index < -0.39 is 5.82 Å². The molecule has 0 saturated carbocycles. The lowest BCUT2D eigenvalue weighted by Crippen LogP contribution is -2.44. The van der Waals surface area contributed by atoms with Crippen LogP contribution >= 0.6 is 0 Å². The SMILES string of the molecule is CCOC(=O)N1CCC(NCc2cc(O)cc(F)c2)CC1. The summed E-state index contributed by atoms with van der Waals surface area (Å²) in [5.41, 5.74) is 0.709. The van der Waals surface area contributed by atoms with Gasteiger partial charge in [-0.2, -0.15) is 0 Å². The molecule has 0 atom stereocenters. The molecule has 2 rings (SSSR count). The monoisotopic (exact) mass is 296 g/mol. The van der Waals surface area contributed by atoms with Crippen LogP contribution in [0.1, 0.15) is 25.3 Å². The van der Waals surface area contributed by atoms with Crippen LogP contribution in [0.3, 0.4) is 0 Å². The Hall–Kier alpha value is -1.82. The van der Waals surface area contributed by atoms with Crippen molar-refractivity contribution in [2.24, 2.45) is 0 Å². The lowest BCUT2D eigenvalue weighted by atomic mass is 10.0. The molecule has 21 heavy (non-hydrogen) atoms. The second-order valence-corrected chi connectivity index (χ2v) is 5.16. The summed E-state index contributed by atoms with van der Waals surface area (Å²) in [4.78, 5) is 13.3. The normalized spacial score (nSPS) is 16.0. The quantitative estimate of drug-likeness (QED) is 0.894. The minimum Gasteiger partial charge on any atom is -0.508 e. The maximum absolute atomic E-state index is 13.2. The number of likely N-dealkylation sites (tertiary alicyclic amines) is 1. The fourth-order valence-corrected chi connectivity index (χ4v) is 2.48. The Morgan fingerprint density at radius 2 is 2.14 bits per heavy atom. The second kappa shape index (κ2) is 7.26. The highest BCUT2D eigenvalue weighted by Crippen LogP contribution is 2.16. The molecular formula is C15H21FN2O3. The Bertz CT molecular complexity index is 468. The molecule has 0 radical (unpaired) electrons. The molecule has 1 aromatic carbocycles. The predicted molar refractivity (Wildman–Crippen MR) is 76.5 cm³/mol. The highest BCUT2D eigenvalue weighted by atomic mass is 19.1. The van der Waals surface area contributed by atoms with Crippen LogP contribution in [0.5, 0.6) is 5.75 Å². The van der Waals surface area contributed by atoms with Crippen molar-refractivity contribution in [3.63, 3.8) is 0 Å². The van der Waals surface area contributed by atoms with Crippen LogP contribution in [0.25, 0.3) is 0 Å². The zero-order valence-electron chi connectivity index (χ0n) is 12.1. The van der Waals surface area contributed by atoms with Gasteiger partial charge in [0, 0.05) is 31.7 Å². The fraction of sp³-hybridized carbons (Fsp3) is 0.533. The van der Waals surface area contributed by atoms with Gasteiger partial charge in [-0.05, 0) is 37.5 Å². The zero-order valence-corrected chi connectivity index (χ0v) is 12.1. The Morgan fingerprint density at radius 3 is 2.76 bits per heavy atom. The van der Waals surface area contributed by atoms with Crippen molar-refractivity contribution in [3.8, 4) is 5.75 Å². The van der Waals surface area contributed by atoms with Crippen LogP contribution in [0.2, 0.25) is 0 Å². The van der Waals surface area contributed by atoms with E-state index in [1.54, 1.807) is 17.9 Å².